The fourth-order valence-electron chi connectivity index (χ4n) is 3.15. The van der Waals surface area contributed by atoms with Crippen LogP contribution in [0.5, 0.6) is 0 Å². The maximum atomic E-state index is 8.84. The summed E-state index contributed by atoms with van der Waals surface area (Å²) in [4.78, 5) is 8.84. The second-order valence-electron chi connectivity index (χ2n) is 6.76. The van der Waals surface area contributed by atoms with E-state index in [1.807, 2.05) is 6.08 Å². The maximum absolute atomic E-state index is 8.84. The van der Waals surface area contributed by atoms with Gasteiger partial charge in [0.1, 0.15) is 6.34 Å². The van der Waals surface area contributed by atoms with E-state index in [4.69, 9.17) is 9.84 Å². The third-order valence-corrected chi connectivity index (χ3v) is 4.77. The molecular weight excluding hydrogens is 312 g/mol. The Bertz CT molecular complexity index is 701. The predicted octanol–water partition coefficient (Wildman–Crippen LogP) is 3.65. The maximum Gasteiger partial charge on any atom is 0.220 e. The molecule has 4 nitrogen and oxygen atoms in total. The average molecular weight is 338 g/mol. The first-order valence-corrected chi connectivity index (χ1v) is 9.02. The number of fused-ring (bicyclic) bond motifs is 1. The molecule has 1 aliphatic carbocycles. The van der Waals surface area contributed by atoms with Crippen LogP contribution < -0.4 is 0 Å². The van der Waals surface area contributed by atoms with E-state index < -0.39 is 0 Å². The minimum atomic E-state index is -0.234. The normalized spacial score (nSPS) is 21.5. The highest BCUT2D eigenvalue weighted by atomic mass is 16.5. The van der Waals surface area contributed by atoms with Crippen molar-refractivity contribution in [2.45, 2.75) is 44.6 Å². The van der Waals surface area contributed by atoms with Gasteiger partial charge in [-0.3, -0.25) is 4.99 Å². The number of allylic oxidation sites excluding steroid dienone is 2. The van der Waals surface area contributed by atoms with Crippen molar-refractivity contribution in [3.63, 3.8) is 0 Å². The van der Waals surface area contributed by atoms with E-state index >= 15 is 0 Å². The first-order chi connectivity index (χ1) is 12.2. The van der Waals surface area contributed by atoms with Crippen LogP contribution in [0.2, 0.25) is 0 Å². The van der Waals surface area contributed by atoms with Crippen molar-refractivity contribution in [2.75, 3.05) is 13.2 Å². The molecule has 2 aliphatic rings. The molecule has 25 heavy (non-hydrogen) atoms. The molecule has 4 heteroatoms. The van der Waals surface area contributed by atoms with Crippen molar-refractivity contribution >= 4 is 12.2 Å². The number of aliphatic hydroxyl groups is 1. The smallest absolute Gasteiger partial charge is 0.220 e. The van der Waals surface area contributed by atoms with Crippen LogP contribution in [0.4, 0.5) is 0 Å². The van der Waals surface area contributed by atoms with Crippen LogP contribution >= 0.6 is 0 Å². The van der Waals surface area contributed by atoms with Crippen molar-refractivity contribution in [2.24, 2.45) is 9.98 Å². The molecule has 0 saturated carbocycles. The summed E-state index contributed by atoms with van der Waals surface area (Å²) < 4.78 is 5.96. The molecule has 0 bridgehead atoms. The summed E-state index contributed by atoms with van der Waals surface area (Å²) in [6.45, 7) is 3.00. The van der Waals surface area contributed by atoms with Crippen molar-refractivity contribution < 1.29 is 9.84 Å². The van der Waals surface area contributed by atoms with E-state index in [1.54, 1.807) is 6.34 Å². The highest BCUT2D eigenvalue weighted by Gasteiger charge is 2.34. The molecule has 0 aromatic heterocycles. The minimum Gasteiger partial charge on any atom is -0.477 e. The molecule has 1 aromatic carbocycles. The summed E-state index contributed by atoms with van der Waals surface area (Å²) in [6.07, 6.45) is 12.5. The molecule has 0 saturated heterocycles. The Balaban J connectivity index is 1.51. The zero-order valence-electron chi connectivity index (χ0n) is 14.8. The highest BCUT2D eigenvalue weighted by molar-refractivity contribution is 6.02. The number of ether oxygens (including phenoxy) is 1. The van der Waals surface area contributed by atoms with Crippen molar-refractivity contribution in [1.82, 2.24) is 0 Å². The van der Waals surface area contributed by atoms with Gasteiger partial charge in [0.25, 0.3) is 0 Å². The van der Waals surface area contributed by atoms with E-state index in [-0.39, 0.29) is 12.1 Å². The number of hydrogen-bond acceptors (Lipinski definition) is 4. The van der Waals surface area contributed by atoms with Crippen LogP contribution in [0.1, 0.15) is 37.3 Å². The second kappa shape index (κ2) is 8.26. The summed E-state index contributed by atoms with van der Waals surface area (Å²) in [7, 11) is 0. The Hall–Kier alpha value is -2.20. The summed E-state index contributed by atoms with van der Waals surface area (Å²) in [5.74, 6) is 0.697. The molecule has 1 atom stereocenters. The Morgan fingerprint density at radius 1 is 1.12 bits per heavy atom. The lowest BCUT2D eigenvalue weighted by molar-refractivity contribution is 0.284. The largest absolute Gasteiger partial charge is 0.477 e. The van der Waals surface area contributed by atoms with Crippen LogP contribution in [-0.2, 0) is 17.6 Å². The SMILES string of the molecule is CC12CC=CC=C1C(OCCc1ccc(CCCCO)cc1)=NC=N2. The highest BCUT2D eigenvalue weighted by Crippen LogP contribution is 2.32. The first-order valence-electron chi connectivity index (χ1n) is 9.02. The number of benzene rings is 1. The molecule has 1 aliphatic heterocycles. The van der Waals surface area contributed by atoms with E-state index in [0.29, 0.717) is 12.5 Å². The minimum absolute atomic E-state index is 0.234. The van der Waals surface area contributed by atoms with Gasteiger partial charge in [-0.15, -0.1) is 0 Å². The molecule has 0 spiro atoms. The van der Waals surface area contributed by atoms with E-state index in [1.165, 1.54) is 11.1 Å². The Morgan fingerprint density at radius 3 is 2.64 bits per heavy atom. The van der Waals surface area contributed by atoms with Gasteiger partial charge in [-0.1, -0.05) is 42.5 Å². The third-order valence-electron chi connectivity index (χ3n) is 4.77. The molecule has 1 aromatic rings. The molecule has 0 fully saturated rings. The van der Waals surface area contributed by atoms with Gasteiger partial charge in [-0.2, -0.15) is 0 Å². The van der Waals surface area contributed by atoms with E-state index in [9.17, 15) is 0 Å². The molecule has 0 radical (unpaired) electrons. The van der Waals surface area contributed by atoms with Gasteiger partial charge in [0.15, 0.2) is 0 Å². The number of aryl methyl sites for hydroxylation is 1. The molecule has 1 N–H and O–H groups in total. The first kappa shape index (κ1) is 17.6. The van der Waals surface area contributed by atoms with Crippen LogP contribution in [0.15, 0.2) is 58.1 Å². The Kier molecular flexibility index (Phi) is 5.82. The van der Waals surface area contributed by atoms with Gasteiger partial charge >= 0.3 is 0 Å². The van der Waals surface area contributed by atoms with Gasteiger partial charge in [0.2, 0.25) is 5.90 Å². The number of rotatable bonds is 7. The topological polar surface area (TPSA) is 54.2 Å². The number of hydrogen-bond donors (Lipinski definition) is 1. The van der Waals surface area contributed by atoms with Crippen LogP contribution in [-0.4, -0.2) is 36.1 Å². The van der Waals surface area contributed by atoms with Gasteiger partial charge in [-0.25, -0.2) is 4.99 Å². The summed E-state index contributed by atoms with van der Waals surface area (Å²) >= 11 is 0. The fourth-order valence-corrected chi connectivity index (χ4v) is 3.15. The zero-order chi connectivity index (χ0) is 17.5. The van der Waals surface area contributed by atoms with Crippen LogP contribution in [0, 0.1) is 0 Å². The molecule has 3 rings (SSSR count). The lowest BCUT2D eigenvalue weighted by Crippen LogP contribution is -2.34. The van der Waals surface area contributed by atoms with Crippen molar-refractivity contribution in [1.29, 1.82) is 0 Å². The quantitative estimate of drug-likeness (QED) is 0.772. The lowest BCUT2D eigenvalue weighted by Gasteiger charge is -2.31. The Labute approximate surface area is 149 Å². The number of nitrogens with zero attached hydrogens (tertiary/aromatic N) is 2. The lowest BCUT2D eigenvalue weighted by atomic mass is 9.84. The number of unbranched alkanes of at least 4 members (excludes halogenated alkanes) is 1. The monoisotopic (exact) mass is 338 g/mol. The third kappa shape index (κ3) is 4.45. The standard InChI is InChI=1S/C21H26N2O2/c1-21-13-4-2-7-19(21)20(22-16-23-21)25-15-12-18-10-8-17(9-11-18)6-3-5-14-24/h2,4,7-11,16,24H,3,5-6,12-15H2,1H3. The summed E-state index contributed by atoms with van der Waals surface area (Å²) in [5.41, 5.74) is 3.41. The van der Waals surface area contributed by atoms with Gasteiger partial charge in [0, 0.05) is 18.6 Å². The molecule has 1 unspecified atom stereocenters. The van der Waals surface area contributed by atoms with Gasteiger partial charge in [0.05, 0.1) is 12.1 Å². The van der Waals surface area contributed by atoms with Crippen LogP contribution in [0.25, 0.3) is 0 Å². The van der Waals surface area contributed by atoms with Crippen molar-refractivity contribution in [3.05, 3.63) is 59.2 Å². The Morgan fingerprint density at radius 2 is 1.88 bits per heavy atom. The van der Waals surface area contributed by atoms with E-state index in [0.717, 1.165) is 37.7 Å². The zero-order valence-corrected chi connectivity index (χ0v) is 14.8. The van der Waals surface area contributed by atoms with E-state index in [2.05, 4.69) is 53.3 Å². The van der Waals surface area contributed by atoms with Crippen molar-refractivity contribution in [3.8, 4) is 0 Å². The van der Waals surface area contributed by atoms with Crippen LogP contribution in [0.3, 0.4) is 0 Å². The summed E-state index contributed by atoms with van der Waals surface area (Å²) in [6, 6.07) is 8.66. The second-order valence-corrected chi connectivity index (χ2v) is 6.76. The predicted molar refractivity (Wildman–Crippen MR) is 102 cm³/mol. The van der Waals surface area contributed by atoms with Gasteiger partial charge in [-0.05, 0) is 43.7 Å². The fraction of sp³-hybridized carbons (Fsp3) is 0.429. The molecule has 132 valence electrons. The number of aliphatic imine (C=N–C) groups is 2. The average Bonchev–Trinajstić information content (AvgIpc) is 2.63. The summed E-state index contributed by atoms with van der Waals surface area (Å²) in [5, 5.41) is 8.84. The number of aliphatic hydroxyl groups excluding tert-OH is 1. The van der Waals surface area contributed by atoms with Gasteiger partial charge < -0.3 is 9.84 Å². The molecule has 1 heterocycles. The molecular formula is C21H26N2O2. The molecule has 0 amide bonds.